The summed E-state index contributed by atoms with van der Waals surface area (Å²) < 4.78 is 19.3. The molecule has 3 heterocycles. The molecular formula is C30H22N4O3. The molecule has 0 unspecified atom stereocenters. The van der Waals surface area contributed by atoms with Gasteiger partial charge in [0.25, 0.3) is 0 Å². The number of rotatable bonds is 5. The summed E-state index contributed by atoms with van der Waals surface area (Å²) in [7, 11) is 1.64. The molecule has 1 atom stereocenters. The molecule has 0 radical (unpaired) electrons. The minimum absolute atomic E-state index is 0.111. The van der Waals surface area contributed by atoms with Crippen molar-refractivity contribution >= 4 is 16.4 Å². The highest BCUT2D eigenvalue weighted by atomic mass is 16.5. The first-order valence-corrected chi connectivity index (χ1v) is 12.0. The molecule has 4 aromatic carbocycles. The first kappa shape index (κ1) is 21.4. The maximum atomic E-state index is 6.48. The Morgan fingerprint density at radius 1 is 0.865 bits per heavy atom. The molecule has 0 N–H and O–H groups in total. The molecule has 0 bridgehead atoms. The summed E-state index contributed by atoms with van der Waals surface area (Å²) >= 11 is 0. The quantitative estimate of drug-likeness (QED) is 0.291. The van der Waals surface area contributed by atoms with Gasteiger partial charge in [0.15, 0.2) is 11.5 Å². The van der Waals surface area contributed by atoms with Crippen LogP contribution in [0.3, 0.4) is 0 Å². The van der Waals surface area contributed by atoms with E-state index in [9.17, 15) is 0 Å². The summed E-state index contributed by atoms with van der Waals surface area (Å²) in [5.41, 5.74) is 3.80. The van der Waals surface area contributed by atoms with Crippen LogP contribution >= 0.6 is 0 Å². The van der Waals surface area contributed by atoms with Crippen molar-refractivity contribution in [2.45, 2.75) is 12.5 Å². The van der Waals surface area contributed by atoms with Gasteiger partial charge in [-0.25, -0.2) is 14.5 Å². The summed E-state index contributed by atoms with van der Waals surface area (Å²) in [6.07, 6.45) is 1.65. The molecule has 7 nitrogen and oxygen atoms in total. The van der Waals surface area contributed by atoms with Gasteiger partial charge in [-0.2, -0.15) is 0 Å². The Bertz CT molecular complexity index is 1750. The van der Waals surface area contributed by atoms with Gasteiger partial charge in [-0.15, -0.1) is 5.10 Å². The molecule has 2 aromatic heterocycles. The van der Waals surface area contributed by atoms with Crippen LogP contribution in [0.15, 0.2) is 97.3 Å². The van der Waals surface area contributed by atoms with Crippen molar-refractivity contribution in [3.8, 4) is 23.1 Å². The highest BCUT2D eigenvalue weighted by Crippen LogP contribution is 2.50. The Labute approximate surface area is 212 Å². The smallest absolute Gasteiger partial charge is 0.228 e. The van der Waals surface area contributed by atoms with E-state index < -0.39 is 0 Å². The van der Waals surface area contributed by atoms with E-state index in [1.165, 1.54) is 0 Å². The average Bonchev–Trinajstić information content (AvgIpc) is 3.39. The summed E-state index contributed by atoms with van der Waals surface area (Å²) in [6, 6.07) is 30.4. The second kappa shape index (κ2) is 8.64. The molecule has 1 aliphatic rings. The summed E-state index contributed by atoms with van der Waals surface area (Å²) in [6.45, 7) is 0.223. The Balaban J connectivity index is 1.34. The molecule has 0 amide bonds. The highest BCUT2D eigenvalue weighted by Gasteiger charge is 2.34. The van der Waals surface area contributed by atoms with Crippen LogP contribution in [0.5, 0.6) is 23.1 Å². The molecule has 0 spiro atoms. The zero-order chi connectivity index (χ0) is 24.8. The summed E-state index contributed by atoms with van der Waals surface area (Å²) in [5, 5.41) is 6.82. The van der Waals surface area contributed by atoms with E-state index in [1.807, 2.05) is 42.5 Å². The van der Waals surface area contributed by atoms with Gasteiger partial charge < -0.3 is 14.2 Å². The van der Waals surface area contributed by atoms with Crippen LogP contribution in [0.2, 0.25) is 0 Å². The third kappa shape index (κ3) is 3.63. The average molecular weight is 487 g/mol. The van der Waals surface area contributed by atoms with Crippen molar-refractivity contribution in [3.05, 3.63) is 120 Å². The van der Waals surface area contributed by atoms with Crippen molar-refractivity contribution in [1.82, 2.24) is 19.6 Å². The number of benzene rings is 4. The molecule has 6 aromatic rings. The van der Waals surface area contributed by atoms with E-state index in [-0.39, 0.29) is 12.5 Å². The van der Waals surface area contributed by atoms with Crippen LogP contribution < -0.4 is 14.2 Å². The standard InChI is InChI=1S/C30H22N4O3/c1-35-21-12-14-22(15-13-21)36-17-25-32-29-27-26(20-8-3-2-4-9-20)24-16-11-19-7-5-6-10-23(19)28(24)37-30(27)31-18-34(29)33-25/h2-16,18,26H,17H2,1H3/t26-/m1/s1. The molecule has 180 valence electrons. The monoisotopic (exact) mass is 486 g/mol. The van der Waals surface area contributed by atoms with Gasteiger partial charge >= 0.3 is 0 Å². The summed E-state index contributed by atoms with van der Waals surface area (Å²) in [5.74, 6) is 3.31. The van der Waals surface area contributed by atoms with Crippen LogP contribution in [0.25, 0.3) is 16.4 Å². The van der Waals surface area contributed by atoms with E-state index in [0.717, 1.165) is 39.0 Å². The second-order valence-corrected chi connectivity index (χ2v) is 8.87. The first-order valence-electron chi connectivity index (χ1n) is 12.0. The van der Waals surface area contributed by atoms with Gasteiger partial charge in [-0.05, 0) is 35.2 Å². The summed E-state index contributed by atoms with van der Waals surface area (Å²) in [4.78, 5) is 9.53. The van der Waals surface area contributed by atoms with Crippen LogP contribution in [-0.4, -0.2) is 26.7 Å². The number of ether oxygens (including phenoxy) is 3. The van der Waals surface area contributed by atoms with E-state index in [1.54, 1.807) is 18.0 Å². The van der Waals surface area contributed by atoms with E-state index in [2.05, 4.69) is 58.6 Å². The maximum Gasteiger partial charge on any atom is 0.228 e. The molecule has 7 rings (SSSR count). The van der Waals surface area contributed by atoms with Gasteiger partial charge in [-0.1, -0.05) is 66.7 Å². The fraction of sp³-hybridized carbons (Fsp3) is 0.100. The van der Waals surface area contributed by atoms with Gasteiger partial charge in [0.2, 0.25) is 5.88 Å². The molecule has 1 aliphatic heterocycles. The predicted octanol–water partition coefficient (Wildman–Crippen LogP) is 6.15. The lowest BCUT2D eigenvalue weighted by Gasteiger charge is -2.28. The van der Waals surface area contributed by atoms with E-state index in [4.69, 9.17) is 19.2 Å². The zero-order valence-corrected chi connectivity index (χ0v) is 20.0. The lowest BCUT2D eigenvalue weighted by atomic mass is 9.83. The number of hydrogen-bond donors (Lipinski definition) is 0. The van der Waals surface area contributed by atoms with Crippen LogP contribution in [0.4, 0.5) is 0 Å². The highest BCUT2D eigenvalue weighted by molar-refractivity contribution is 5.91. The number of methoxy groups -OCH3 is 1. The topological polar surface area (TPSA) is 70.8 Å². The van der Waals surface area contributed by atoms with E-state index in [0.29, 0.717) is 23.1 Å². The third-order valence-corrected chi connectivity index (χ3v) is 6.70. The third-order valence-electron chi connectivity index (χ3n) is 6.70. The van der Waals surface area contributed by atoms with E-state index >= 15 is 0 Å². The first-order chi connectivity index (χ1) is 18.3. The molecule has 37 heavy (non-hydrogen) atoms. The Morgan fingerprint density at radius 3 is 2.49 bits per heavy atom. The van der Waals surface area contributed by atoms with Crippen LogP contribution in [0.1, 0.15) is 28.4 Å². The van der Waals surface area contributed by atoms with Crippen molar-refractivity contribution in [2.75, 3.05) is 7.11 Å². The molecule has 0 saturated heterocycles. The number of nitrogens with zero attached hydrogens (tertiary/aromatic N) is 4. The van der Waals surface area contributed by atoms with Crippen molar-refractivity contribution in [1.29, 1.82) is 0 Å². The Kier molecular flexibility index (Phi) is 4.99. The number of hydrogen-bond acceptors (Lipinski definition) is 6. The van der Waals surface area contributed by atoms with Gasteiger partial charge in [0.1, 0.15) is 30.2 Å². The van der Waals surface area contributed by atoms with Crippen molar-refractivity contribution < 1.29 is 14.2 Å². The lowest BCUT2D eigenvalue weighted by Crippen LogP contribution is -2.15. The van der Waals surface area contributed by atoms with Crippen LogP contribution in [0, 0.1) is 0 Å². The SMILES string of the molecule is COc1ccc(OCc2nc3c4c(ncn3n2)Oc2c(ccc3ccccc23)[C@H]4c2ccccc2)cc1. The zero-order valence-electron chi connectivity index (χ0n) is 20.0. The van der Waals surface area contributed by atoms with Crippen LogP contribution in [-0.2, 0) is 6.61 Å². The lowest BCUT2D eigenvalue weighted by molar-refractivity contribution is 0.295. The van der Waals surface area contributed by atoms with Crippen molar-refractivity contribution in [3.63, 3.8) is 0 Å². The molecular weight excluding hydrogens is 464 g/mol. The normalized spacial score (nSPS) is 14.1. The fourth-order valence-corrected chi connectivity index (χ4v) is 4.96. The maximum absolute atomic E-state index is 6.48. The second-order valence-electron chi connectivity index (χ2n) is 8.87. The largest absolute Gasteiger partial charge is 0.497 e. The number of aromatic nitrogens is 4. The minimum atomic E-state index is -0.111. The molecule has 0 aliphatic carbocycles. The van der Waals surface area contributed by atoms with Gasteiger partial charge in [-0.3, -0.25) is 0 Å². The molecule has 7 heteroatoms. The Morgan fingerprint density at radius 2 is 1.65 bits per heavy atom. The minimum Gasteiger partial charge on any atom is -0.497 e. The molecule has 0 fully saturated rings. The number of fused-ring (bicyclic) bond motifs is 6. The van der Waals surface area contributed by atoms with Gasteiger partial charge in [0, 0.05) is 16.9 Å². The van der Waals surface area contributed by atoms with Crippen molar-refractivity contribution in [2.24, 2.45) is 0 Å². The van der Waals surface area contributed by atoms with Gasteiger partial charge in [0.05, 0.1) is 12.7 Å². The predicted molar refractivity (Wildman–Crippen MR) is 140 cm³/mol. The fourth-order valence-electron chi connectivity index (χ4n) is 4.96. The molecule has 0 saturated carbocycles. The Hall–Kier alpha value is -4.91.